The Morgan fingerprint density at radius 3 is 2.27 bits per heavy atom. The van der Waals surface area contributed by atoms with Crippen molar-refractivity contribution in [1.29, 1.82) is 0 Å². The van der Waals surface area contributed by atoms with Crippen molar-refractivity contribution in [2.24, 2.45) is 0 Å². The maximum atomic E-state index is 12.5. The van der Waals surface area contributed by atoms with Crippen LogP contribution in [-0.2, 0) is 16.1 Å². The van der Waals surface area contributed by atoms with E-state index in [1.54, 1.807) is 24.3 Å². The molecule has 0 spiro atoms. The lowest BCUT2D eigenvalue weighted by atomic mass is 10.1. The summed E-state index contributed by atoms with van der Waals surface area (Å²) in [5.74, 6) is -0.508. The second kappa shape index (κ2) is 7.07. The monoisotopic (exact) mass is 351 g/mol. The second-order valence-electron chi connectivity index (χ2n) is 6.57. The van der Waals surface area contributed by atoms with Crippen LogP contribution in [-0.4, -0.2) is 27.6 Å². The van der Waals surface area contributed by atoms with E-state index in [4.69, 9.17) is 0 Å². The van der Waals surface area contributed by atoms with Gasteiger partial charge in [0.2, 0.25) is 11.8 Å². The SMILES string of the molecule is Cc1cc(C)c(NC(=O)c2ccc(CN3C(=O)CCC3=O)cc2)c(C)n1. The molecule has 0 aliphatic carbocycles. The molecule has 1 aliphatic rings. The number of nitrogens with zero attached hydrogens (tertiary/aromatic N) is 2. The van der Waals surface area contributed by atoms with Crippen LogP contribution in [0, 0.1) is 20.8 Å². The lowest BCUT2D eigenvalue weighted by molar-refractivity contribution is -0.139. The number of carbonyl (C=O) groups is 3. The van der Waals surface area contributed by atoms with Crippen molar-refractivity contribution >= 4 is 23.4 Å². The van der Waals surface area contributed by atoms with Gasteiger partial charge in [0.25, 0.3) is 5.91 Å². The molecule has 3 amide bonds. The van der Waals surface area contributed by atoms with E-state index in [-0.39, 0.29) is 37.1 Å². The molecular formula is C20H21N3O3. The van der Waals surface area contributed by atoms with Crippen LogP contribution in [0.15, 0.2) is 30.3 Å². The van der Waals surface area contributed by atoms with Gasteiger partial charge < -0.3 is 5.32 Å². The predicted octanol–water partition coefficient (Wildman–Crippen LogP) is 2.91. The fourth-order valence-electron chi connectivity index (χ4n) is 3.14. The summed E-state index contributed by atoms with van der Waals surface area (Å²) in [6.45, 7) is 5.97. The Kier molecular flexibility index (Phi) is 4.84. The average molecular weight is 351 g/mol. The van der Waals surface area contributed by atoms with Crippen LogP contribution < -0.4 is 5.32 Å². The largest absolute Gasteiger partial charge is 0.320 e. The zero-order valence-electron chi connectivity index (χ0n) is 15.1. The van der Waals surface area contributed by atoms with Crippen LogP contribution in [0.4, 0.5) is 5.69 Å². The smallest absolute Gasteiger partial charge is 0.255 e. The van der Waals surface area contributed by atoms with Gasteiger partial charge in [-0.15, -0.1) is 0 Å². The minimum atomic E-state index is -0.221. The van der Waals surface area contributed by atoms with Gasteiger partial charge in [0.05, 0.1) is 17.9 Å². The van der Waals surface area contributed by atoms with Gasteiger partial charge in [0.15, 0.2) is 0 Å². The minimum Gasteiger partial charge on any atom is -0.320 e. The lowest BCUT2D eigenvalue weighted by Crippen LogP contribution is -2.28. The summed E-state index contributed by atoms with van der Waals surface area (Å²) < 4.78 is 0. The van der Waals surface area contributed by atoms with Crippen molar-refractivity contribution in [3.8, 4) is 0 Å². The highest BCUT2D eigenvalue weighted by Crippen LogP contribution is 2.21. The molecule has 26 heavy (non-hydrogen) atoms. The van der Waals surface area contributed by atoms with Crippen LogP contribution >= 0.6 is 0 Å². The molecule has 6 nitrogen and oxygen atoms in total. The number of rotatable bonds is 4. The third-order valence-corrected chi connectivity index (χ3v) is 4.48. The Morgan fingerprint density at radius 2 is 1.69 bits per heavy atom. The molecule has 1 saturated heterocycles. The molecule has 0 unspecified atom stereocenters. The highest BCUT2D eigenvalue weighted by atomic mass is 16.2. The minimum absolute atomic E-state index is 0.144. The molecule has 134 valence electrons. The van der Waals surface area contributed by atoms with Crippen molar-refractivity contribution < 1.29 is 14.4 Å². The lowest BCUT2D eigenvalue weighted by Gasteiger charge is -2.14. The van der Waals surface area contributed by atoms with E-state index in [9.17, 15) is 14.4 Å². The van der Waals surface area contributed by atoms with Gasteiger partial charge in [0.1, 0.15) is 0 Å². The number of pyridine rings is 1. The van der Waals surface area contributed by atoms with Gasteiger partial charge in [-0.1, -0.05) is 12.1 Å². The molecule has 1 aliphatic heterocycles. The number of imide groups is 1. The van der Waals surface area contributed by atoms with Crippen LogP contribution in [0.3, 0.4) is 0 Å². The number of likely N-dealkylation sites (tertiary alicyclic amines) is 1. The number of hydrogen-bond acceptors (Lipinski definition) is 4. The van der Waals surface area contributed by atoms with Crippen molar-refractivity contribution in [3.05, 3.63) is 58.4 Å². The van der Waals surface area contributed by atoms with E-state index < -0.39 is 0 Å². The summed E-state index contributed by atoms with van der Waals surface area (Å²) in [5.41, 5.74) is 4.69. The standard InChI is InChI=1S/C20H21N3O3/c1-12-10-13(2)21-14(3)19(12)22-20(26)16-6-4-15(5-7-16)11-23-17(24)8-9-18(23)25/h4-7,10H,8-9,11H2,1-3H3,(H,22,26). The fraction of sp³-hybridized carbons (Fsp3) is 0.300. The fourth-order valence-corrected chi connectivity index (χ4v) is 3.14. The molecular weight excluding hydrogens is 330 g/mol. The normalized spacial score (nSPS) is 14.0. The third-order valence-electron chi connectivity index (χ3n) is 4.48. The number of aromatic nitrogens is 1. The Balaban J connectivity index is 1.71. The molecule has 3 rings (SSSR count). The second-order valence-corrected chi connectivity index (χ2v) is 6.57. The summed E-state index contributed by atoms with van der Waals surface area (Å²) in [5, 5.41) is 2.91. The predicted molar refractivity (Wildman–Crippen MR) is 97.6 cm³/mol. The Hall–Kier alpha value is -3.02. The summed E-state index contributed by atoms with van der Waals surface area (Å²) in [6.07, 6.45) is 0.561. The summed E-state index contributed by atoms with van der Waals surface area (Å²) in [7, 11) is 0. The van der Waals surface area contributed by atoms with E-state index >= 15 is 0 Å². The van der Waals surface area contributed by atoms with Crippen molar-refractivity contribution in [3.63, 3.8) is 0 Å². The maximum Gasteiger partial charge on any atom is 0.255 e. The quantitative estimate of drug-likeness (QED) is 0.859. The van der Waals surface area contributed by atoms with Crippen molar-refractivity contribution in [1.82, 2.24) is 9.88 Å². The van der Waals surface area contributed by atoms with Gasteiger partial charge in [0, 0.05) is 24.1 Å². The van der Waals surface area contributed by atoms with Crippen LogP contribution in [0.1, 0.15) is 45.7 Å². The molecule has 2 aromatic rings. The van der Waals surface area contributed by atoms with Crippen molar-refractivity contribution in [2.45, 2.75) is 40.2 Å². The molecule has 0 saturated carbocycles. The number of amides is 3. The maximum absolute atomic E-state index is 12.5. The first kappa shape index (κ1) is 17.8. The third kappa shape index (κ3) is 3.64. The van der Waals surface area contributed by atoms with E-state index in [2.05, 4.69) is 10.3 Å². The average Bonchev–Trinajstić information content (AvgIpc) is 2.90. The number of nitrogens with one attached hydrogen (secondary N) is 1. The van der Waals surface area contributed by atoms with Crippen LogP contribution in [0.2, 0.25) is 0 Å². The van der Waals surface area contributed by atoms with E-state index in [1.165, 1.54) is 4.90 Å². The van der Waals surface area contributed by atoms with E-state index in [1.807, 2.05) is 26.8 Å². The molecule has 6 heteroatoms. The number of hydrogen-bond donors (Lipinski definition) is 1. The van der Waals surface area contributed by atoms with Gasteiger partial charge in [-0.25, -0.2) is 0 Å². The highest BCUT2D eigenvalue weighted by Gasteiger charge is 2.28. The van der Waals surface area contributed by atoms with E-state index in [0.717, 1.165) is 28.2 Å². The first-order valence-electron chi connectivity index (χ1n) is 8.53. The number of aryl methyl sites for hydroxylation is 3. The van der Waals surface area contributed by atoms with Gasteiger partial charge >= 0.3 is 0 Å². The molecule has 0 radical (unpaired) electrons. The first-order chi connectivity index (χ1) is 12.3. The number of anilines is 1. The summed E-state index contributed by atoms with van der Waals surface area (Å²) in [4.78, 5) is 41.5. The molecule has 1 aromatic carbocycles. The van der Waals surface area contributed by atoms with Gasteiger partial charge in [-0.05, 0) is 50.1 Å². The van der Waals surface area contributed by atoms with Gasteiger partial charge in [-0.3, -0.25) is 24.3 Å². The van der Waals surface area contributed by atoms with E-state index in [0.29, 0.717) is 5.56 Å². The molecule has 1 fully saturated rings. The molecule has 0 atom stereocenters. The van der Waals surface area contributed by atoms with Crippen LogP contribution in [0.25, 0.3) is 0 Å². The summed E-state index contributed by atoms with van der Waals surface area (Å²) in [6, 6.07) is 8.85. The van der Waals surface area contributed by atoms with Crippen LogP contribution in [0.5, 0.6) is 0 Å². The molecule has 1 aromatic heterocycles. The van der Waals surface area contributed by atoms with Gasteiger partial charge in [-0.2, -0.15) is 0 Å². The molecule has 0 bridgehead atoms. The van der Waals surface area contributed by atoms with Crippen molar-refractivity contribution in [2.75, 3.05) is 5.32 Å². The zero-order chi connectivity index (χ0) is 18.8. The topological polar surface area (TPSA) is 79.4 Å². The number of carbonyl (C=O) groups excluding carboxylic acids is 3. The zero-order valence-corrected chi connectivity index (χ0v) is 15.1. The number of benzene rings is 1. The summed E-state index contributed by atoms with van der Waals surface area (Å²) >= 11 is 0. The molecule has 1 N–H and O–H groups in total. The molecule has 2 heterocycles. The Labute approximate surface area is 152 Å². The first-order valence-corrected chi connectivity index (χ1v) is 8.53. The highest BCUT2D eigenvalue weighted by molar-refractivity contribution is 6.05. The Bertz CT molecular complexity index is 849. The Morgan fingerprint density at radius 1 is 1.08 bits per heavy atom.